The van der Waals surface area contributed by atoms with Gasteiger partial charge in [0.1, 0.15) is 5.75 Å². The summed E-state index contributed by atoms with van der Waals surface area (Å²) in [5.74, 6) is 0.0735. The van der Waals surface area contributed by atoms with Crippen molar-refractivity contribution in [3.63, 3.8) is 0 Å². The van der Waals surface area contributed by atoms with Gasteiger partial charge in [-0.3, -0.25) is 4.79 Å². The molecule has 3 rings (SSSR count). The molecule has 0 saturated heterocycles. The zero-order valence-corrected chi connectivity index (χ0v) is 16.4. The molecule has 0 aliphatic carbocycles. The second kappa shape index (κ2) is 10.1. The third-order valence-corrected chi connectivity index (χ3v) is 4.91. The van der Waals surface area contributed by atoms with Crippen molar-refractivity contribution in [3.8, 4) is 5.75 Å². The second-order valence-electron chi connectivity index (χ2n) is 6.71. The Labute approximate surface area is 170 Å². The minimum absolute atomic E-state index is 0.130. The number of rotatable bonds is 10. The lowest BCUT2D eigenvalue weighted by molar-refractivity contribution is -0.136. The predicted octanol–water partition coefficient (Wildman–Crippen LogP) is 5.07. The van der Waals surface area contributed by atoms with Gasteiger partial charge in [-0.25, -0.2) is 0 Å². The molecular formula is C23H24ClNO3. The number of aliphatic carboxylic acids is 1. The molecule has 0 atom stereocenters. The first-order valence-electron chi connectivity index (χ1n) is 9.43. The molecule has 0 aliphatic heterocycles. The lowest BCUT2D eigenvalue weighted by atomic mass is 10.1. The Bertz CT molecular complexity index is 942. The van der Waals surface area contributed by atoms with Gasteiger partial charge < -0.3 is 15.2 Å². The van der Waals surface area contributed by atoms with Gasteiger partial charge in [-0.15, -0.1) is 0 Å². The molecule has 5 heteroatoms. The van der Waals surface area contributed by atoms with Crippen molar-refractivity contribution < 1.29 is 14.6 Å². The lowest BCUT2D eigenvalue weighted by Crippen LogP contribution is -2.17. The average molecular weight is 398 g/mol. The highest BCUT2D eigenvalue weighted by Crippen LogP contribution is 2.23. The normalized spacial score (nSPS) is 10.9. The molecule has 0 spiro atoms. The van der Waals surface area contributed by atoms with E-state index in [2.05, 4.69) is 29.6 Å². The molecule has 4 nitrogen and oxygen atoms in total. The molecule has 0 unspecified atom stereocenters. The summed E-state index contributed by atoms with van der Waals surface area (Å²) in [6.07, 6.45) is 1.93. The van der Waals surface area contributed by atoms with E-state index in [1.165, 1.54) is 0 Å². The van der Waals surface area contributed by atoms with E-state index in [4.69, 9.17) is 21.4 Å². The van der Waals surface area contributed by atoms with Crippen LogP contribution in [0, 0.1) is 0 Å². The first-order chi connectivity index (χ1) is 13.6. The van der Waals surface area contributed by atoms with E-state index in [0.29, 0.717) is 19.7 Å². The maximum Gasteiger partial charge on any atom is 0.304 e. The predicted molar refractivity (Wildman–Crippen MR) is 113 cm³/mol. The van der Waals surface area contributed by atoms with Crippen molar-refractivity contribution >= 4 is 28.3 Å². The fraction of sp³-hybridized carbons (Fsp3) is 0.261. The maximum atomic E-state index is 10.5. The number of carboxylic acid groups (broad SMARTS) is 1. The van der Waals surface area contributed by atoms with Gasteiger partial charge >= 0.3 is 5.97 Å². The maximum absolute atomic E-state index is 10.5. The van der Waals surface area contributed by atoms with Crippen molar-refractivity contribution in [1.82, 2.24) is 5.32 Å². The summed E-state index contributed by atoms with van der Waals surface area (Å²) in [6, 6.07) is 20.2. The van der Waals surface area contributed by atoms with Gasteiger partial charge in [0.05, 0.1) is 13.0 Å². The quantitative estimate of drug-likeness (QED) is 0.469. The molecule has 3 aromatic rings. The van der Waals surface area contributed by atoms with Gasteiger partial charge in [-0.2, -0.15) is 0 Å². The second-order valence-corrected chi connectivity index (χ2v) is 7.11. The Kier molecular flexibility index (Phi) is 7.29. The number of benzene rings is 3. The van der Waals surface area contributed by atoms with E-state index in [0.717, 1.165) is 45.5 Å². The molecule has 0 heterocycles. The number of carboxylic acids is 1. The first kappa shape index (κ1) is 20.2. The Morgan fingerprint density at radius 2 is 1.82 bits per heavy atom. The van der Waals surface area contributed by atoms with Crippen LogP contribution >= 0.6 is 11.6 Å². The average Bonchev–Trinajstić information content (AvgIpc) is 2.69. The standard InChI is InChI=1S/C23H24ClNO3/c24-22-6-2-1-4-18(22)5-3-13-28-21-10-9-19-14-17(7-8-20(19)15-21)16-25-12-11-23(26)27/h1-2,4,6-10,14-15,25H,3,5,11-13,16H2,(H,26,27). The monoisotopic (exact) mass is 397 g/mol. The molecule has 2 N–H and O–H groups in total. The highest BCUT2D eigenvalue weighted by molar-refractivity contribution is 6.31. The molecule has 3 aromatic carbocycles. The molecule has 0 radical (unpaired) electrons. The number of aryl methyl sites for hydroxylation is 1. The van der Waals surface area contributed by atoms with Crippen LogP contribution in [0.5, 0.6) is 5.75 Å². The van der Waals surface area contributed by atoms with Crippen LogP contribution in [0.4, 0.5) is 0 Å². The van der Waals surface area contributed by atoms with Crippen LogP contribution in [0.25, 0.3) is 10.8 Å². The summed E-state index contributed by atoms with van der Waals surface area (Å²) in [5, 5.41) is 14.9. The zero-order valence-electron chi connectivity index (χ0n) is 15.7. The third-order valence-electron chi connectivity index (χ3n) is 4.54. The number of hydrogen-bond donors (Lipinski definition) is 2. The number of nitrogens with one attached hydrogen (secondary N) is 1. The van der Waals surface area contributed by atoms with Gasteiger partial charge in [-0.05, 0) is 59.0 Å². The topological polar surface area (TPSA) is 58.6 Å². The smallest absolute Gasteiger partial charge is 0.304 e. The highest BCUT2D eigenvalue weighted by Gasteiger charge is 2.02. The van der Waals surface area contributed by atoms with E-state index in [1.54, 1.807) is 0 Å². The Morgan fingerprint density at radius 3 is 2.64 bits per heavy atom. The van der Waals surface area contributed by atoms with Gasteiger partial charge in [0, 0.05) is 18.1 Å². The summed E-state index contributed by atoms with van der Waals surface area (Å²) in [5.41, 5.74) is 2.28. The van der Waals surface area contributed by atoms with Crippen LogP contribution < -0.4 is 10.1 Å². The van der Waals surface area contributed by atoms with Gasteiger partial charge in [0.15, 0.2) is 0 Å². The summed E-state index contributed by atoms with van der Waals surface area (Å²) >= 11 is 6.18. The Morgan fingerprint density at radius 1 is 1.04 bits per heavy atom. The van der Waals surface area contributed by atoms with Crippen molar-refractivity contribution in [2.24, 2.45) is 0 Å². The van der Waals surface area contributed by atoms with E-state index >= 15 is 0 Å². The molecule has 0 aromatic heterocycles. The van der Waals surface area contributed by atoms with Crippen molar-refractivity contribution in [1.29, 1.82) is 0 Å². The van der Waals surface area contributed by atoms with Crippen molar-refractivity contribution in [3.05, 3.63) is 76.8 Å². The summed E-state index contributed by atoms with van der Waals surface area (Å²) < 4.78 is 5.90. The van der Waals surface area contributed by atoms with Gasteiger partial charge in [-0.1, -0.05) is 48.0 Å². The minimum Gasteiger partial charge on any atom is -0.494 e. The molecule has 28 heavy (non-hydrogen) atoms. The highest BCUT2D eigenvalue weighted by atomic mass is 35.5. The Hall–Kier alpha value is -2.56. The molecular weight excluding hydrogens is 374 g/mol. The molecule has 0 aliphatic rings. The van der Waals surface area contributed by atoms with Crippen molar-refractivity contribution in [2.45, 2.75) is 25.8 Å². The summed E-state index contributed by atoms with van der Waals surface area (Å²) in [6.45, 7) is 1.76. The van der Waals surface area contributed by atoms with Gasteiger partial charge in [0.2, 0.25) is 0 Å². The first-order valence-corrected chi connectivity index (χ1v) is 9.81. The van der Waals surface area contributed by atoms with Crippen LogP contribution in [0.2, 0.25) is 5.02 Å². The van der Waals surface area contributed by atoms with Crippen LogP contribution in [-0.2, 0) is 17.8 Å². The Balaban J connectivity index is 1.50. The van der Waals surface area contributed by atoms with Gasteiger partial charge in [0.25, 0.3) is 0 Å². The van der Waals surface area contributed by atoms with E-state index < -0.39 is 5.97 Å². The van der Waals surface area contributed by atoms with E-state index in [-0.39, 0.29) is 6.42 Å². The molecule has 146 valence electrons. The molecule has 0 amide bonds. The number of halogens is 1. The number of ether oxygens (including phenoxy) is 1. The largest absolute Gasteiger partial charge is 0.494 e. The van der Waals surface area contributed by atoms with E-state index in [1.807, 2.05) is 36.4 Å². The SMILES string of the molecule is O=C(O)CCNCc1ccc2cc(OCCCc3ccccc3Cl)ccc2c1. The van der Waals surface area contributed by atoms with Crippen molar-refractivity contribution in [2.75, 3.05) is 13.2 Å². The van der Waals surface area contributed by atoms with Crippen LogP contribution in [0.1, 0.15) is 24.0 Å². The zero-order chi connectivity index (χ0) is 19.8. The van der Waals surface area contributed by atoms with Crippen LogP contribution in [-0.4, -0.2) is 24.2 Å². The molecule has 0 fully saturated rings. The third kappa shape index (κ3) is 5.98. The summed E-state index contributed by atoms with van der Waals surface area (Å²) in [4.78, 5) is 10.5. The lowest BCUT2D eigenvalue weighted by Gasteiger charge is -2.09. The summed E-state index contributed by atoms with van der Waals surface area (Å²) in [7, 11) is 0. The van der Waals surface area contributed by atoms with Crippen LogP contribution in [0.15, 0.2) is 60.7 Å². The number of fused-ring (bicyclic) bond motifs is 1. The van der Waals surface area contributed by atoms with Crippen LogP contribution in [0.3, 0.4) is 0 Å². The van der Waals surface area contributed by atoms with E-state index in [9.17, 15) is 4.79 Å². The number of carbonyl (C=O) groups is 1. The number of hydrogen-bond acceptors (Lipinski definition) is 3. The minimum atomic E-state index is -0.787. The molecule has 0 saturated carbocycles. The fourth-order valence-corrected chi connectivity index (χ4v) is 3.29. The molecule has 0 bridgehead atoms. The fourth-order valence-electron chi connectivity index (χ4n) is 3.05.